The summed E-state index contributed by atoms with van der Waals surface area (Å²) in [6, 6.07) is 13.1. The van der Waals surface area contributed by atoms with Crippen molar-refractivity contribution in [3.8, 4) is 0 Å². The minimum absolute atomic E-state index is 0.0178. The fourth-order valence-corrected chi connectivity index (χ4v) is 3.88. The van der Waals surface area contributed by atoms with E-state index < -0.39 is 5.97 Å². The van der Waals surface area contributed by atoms with Gasteiger partial charge in [0.15, 0.2) is 0 Å². The summed E-state index contributed by atoms with van der Waals surface area (Å²) in [4.78, 5) is 30.1. The third kappa shape index (κ3) is 4.16. The van der Waals surface area contributed by atoms with Crippen LogP contribution in [0.3, 0.4) is 0 Å². The van der Waals surface area contributed by atoms with Gasteiger partial charge >= 0.3 is 5.97 Å². The summed E-state index contributed by atoms with van der Waals surface area (Å²) in [7, 11) is 0. The van der Waals surface area contributed by atoms with Crippen LogP contribution in [0, 0.1) is 0 Å². The molecule has 5 heteroatoms. The van der Waals surface area contributed by atoms with E-state index in [1.54, 1.807) is 22.8 Å². The third-order valence-electron chi connectivity index (χ3n) is 5.74. The summed E-state index contributed by atoms with van der Waals surface area (Å²) in [6.45, 7) is 7.43. The van der Waals surface area contributed by atoms with Crippen molar-refractivity contribution < 1.29 is 9.53 Å². The molecule has 0 amide bonds. The maximum absolute atomic E-state index is 12.8. The standard InChI is InChI=1S/C25H28N2O3/c1-25(2,3)19-11-8-17(9-12-19)16-30-24(29)18-10-13-20-21(15-18)26-22-7-5-4-6-14-27(22)23(20)28/h8-13,15H,4-7,14,16H2,1-3H3. The second-order valence-electron chi connectivity index (χ2n) is 9.05. The fourth-order valence-electron chi connectivity index (χ4n) is 3.88. The third-order valence-corrected chi connectivity index (χ3v) is 5.74. The second kappa shape index (κ2) is 8.05. The topological polar surface area (TPSA) is 61.2 Å². The summed E-state index contributed by atoms with van der Waals surface area (Å²) in [6.07, 6.45) is 3.94. The maximum atomic E-state index is 12.8. The molecule has 3 aromatic rings. The summed E-state index contributed by atoms with van der Waals surface area (Å²) in [5.41, 5.74) is 3.24. The molecule has 0 unspecified atom stereocenters. The number of nitrogens with zero attached hydrogens (tertiary/aromatic N) is 2. The molecule has 1 aromatic heterocycles. The average molecular weight is 405 g/mol. The Balaban J connectivity index is 1.53. The van der Waals surface area contributed by atoms with Gasteiger partial charge in [-0.25, -0.2) is 9.78 Å². The van der Waals surface area contributed by atoms with Gasteiger partial charge in [0.1, 0.15) is 12.4 Å². The van der Waals surface area contributed by atoms with Crippen LogP contribution in [-0.4, -0.2) is 15.5 Å². The Hall–Kier alpha value is -2.95. The molecule has 0 spiro atoms. The molecule has 156 valence electrons. The van der Waals surface area contributed by atoms with E-state index in [0.717, 1.165) is 43.6 Å². The Morgan fingerprint density at radius 3 is 2.57 bits per heavy atom. The lowest BCUT2D eigenvalue weighted by Crippen LogP contribution is -2.24. The predicted molar refractivity (Wildman–Crippen MR) is 118 cm³/mol. The van der Waals surface area contributed by atoms with Crippen molar-refractivity contribution in [2.45, 2.75) is 65.0 Å². The molecule has 2 aromatic carbocycles. The lowest BCUT2D eigenvalue weighted by atomic mass is 9.87. The van der Waals surface area contributed by atoms with Gasteiger partial charge in [-0.2, -0.15) is 0 Å². The summed E-state index contributed by atoms with van der Waals surface area (Å²) < 4.78 is 7.29. The molecule has 0 radical (unpaired) electrons. The van der Waals surface area contributed by atoms with Crippen LogP contribution in [0.5, 0.6) is 0 Å². The maximum Gasteiger partial charge on any atom is 0.338 e. The van der Waals surface area contributed by atoms with E-state index >= 15 is 0 Å². The molecule has 0 saturated heterocycles. The number of ether oxygens (including phenoxy) is 1. The van der Waals surface area contributed by atoms with Crippen molar-refractivity contribution >= 4 is 16.9 Å². The van der Waals surface area contributed by atoms with Crippen LogP contribution in [0.2, 0.25) is 0 Å². The number of rotatable bonds is 3. The number of fused-ring (bicyclic) bond motifs is 2. The zero-order valence-electron chi connectivity index (χ0n) is 17.9. The molecule has 0 fully saturated rings. The Bertz CT molecular complexity index is 1140. The van der Waals surface area contributed by atoms with E-state index in [-0.39, 0.29) is 17.6 Å². The van der Waals surface area contributed by atoms with Crippen molar-refractivity contribution in [2.75, 3.05) is 0 Å². The molecule has 0 bridgehead atoms. The highest BCUT2D eigenvalue weighted by Gasteiger charge is 2.16. The van der Waals surface area contributed by atoms with Gasteiger partial charge in [0, 0.05) is 13.0 Å². The van der Waals surface area contributed by atoms with Gasteiger partial charge in [-0.15, -0.1) is 0 Å². The summed E-state index contributed by atoms with van der Waals surface area (Å²) in [5.74, 6) is 0.406. The quantitative estimate of drug-likeness (QED) is 0.590. The number of esters is 1. The molecule has 4 rings (SSSR count). The number of aryl methyl sites for hydroxylation is 1. The fraction of sp³-hybridized carbons (Fsp3) is 0.400. The minimum atomic E-state index is -0.409. The summed E-state index contributed by atoms with van der Waals surface area (Å²) in [5, 5.41) is 0.551. The summed E-state index contributed by atoms with van der Waals surface area (Å²) >= 11 is 0. The first kappa shape index (κ1) is 20.3. The molecular formula is C25H28N2O3. The molecule has 1 aliphatic rings. The highest BCUT2D eigenvalue weighted by atomic mass is 16.5. The monoisotopic (exact) mass is 404 g/mol. The lowest BCUT2D eigenvalue weighted by molar-refractivity contribution is 0.0473. The van der Waals surface area contributed by atoms with E-state index in [9.17, 15) is 9.59 Å². The Morgan fingerprint density at radius 1 is 1.07 bits per heavy atom. The largest absolute Gasteiger partial charge is 0.457 e. The van der Waals surface area contributed by atoms with Gasteiger partial charge in [0.2, 0.25) is 0 Å². The first-order valence-corrected chi connectivity index (χ1v) is 10.6. The molecule has 0 atom stereocenters. The Morgan fingerprint density at radius 2 is 1.83 bits per heavy atom. The molecule has 1 aliphatic heterocycles. The second-order valence-corrected chi connectivity index (χ2v) is 9.05. The van der Waals surface area contributed by atoms with Crippen molar-refractivity contribution in [3.63, 3.8) is 0 Å². The SMILES string of the molecule is CC(C)(C)c1ccc(COC(=O)c2ccc3c(=O)n4c(nc3c2)CCCCC4)cc1. The highest BCUT2D eigenvalue weighted by Crippen LogP contribution is 2.22. The van der Waals surface area contributed by atoms with Crippen LogP contribution < -0.4 is 5.56 Å². The van der Waals surface area contributed by atoms with Gasteiger partial charge in [-0.1, -0.05) is 51.5 Å². The van der Waals surface area contributed by atoms with Crippen LogP contribution in [0.25, 0.3) is 10.9 Å². The molecule has 0 aliphatic carbocycles. The van der Waals surface area contributed by atoms with Crippen LogP contribution in [0.4, 0.5) is 0 Å². The highest BCUT2D eigenvalue weighted by molar-refractivity contribution is 5.94. The zero-order chi connectivity index (χ0) is 21.3. The van der Waals surface area contributed by atoms with Gasteiger partial charge in [-0.3, -0.25) is 9.36 Å². The predicted octanol–water partition coefficient (Wildman–Crippen LogP) is 4.78. The van der Waals surface area contributed by atoms with Gasteiger partial charge in [-0.05, 0) is 47.6 Å². The van der Waals surface area contributed by atoms with E-state index in [1.165, 1.54) is 5.56 Å². The van der Waals surface area contributed by atoms with E-state index in [4.69, 9.17) is 4.74 Å². The van der Waals surface area contributed by atoms with Crippen molar-refractivity contribution in [2.24, 2.45) is 0 Å². The van der Waals surface area contributed by atoms with Gasteiger partial charge in [0.25, 0.3) is 5.56 Å². The van der Waals surface area contributed by atoms with E-state index in [2.05, 4.69) is 37.9 Å². The molecule has 0 N–H and O–H groups in total. The Labute approximate surface area is 176 Å². The van der Waals surface area contributed by atoms with Crippen molar-refractivity contribution in [1.82, 2.24) is 9.55 Å². The van der Waals surface area contributed by atoms with Crippen molar-refractivity contribution in [1.29, 1.82) is 0 Å². The molecular weight excluding hydrogens is 376 g/mol. The zero-order valence-corrected chi connectivity index (χ0v) is 17.9. The first-order chi connectivity index (χ1) is 14.3. The number of hydrogen-bond donors (Lipinski definition) is 0. The number of aromatic nitrogens is 2. The average Bonchev–Trinajstić information content (AvgIpc) is 2.97. The minimum Gasteiger partial charge on any atom is -0.457 e. The first-order valence-electron chi connectivity index (χ1n) is 10.6. The molecule has 5 nitrogen and oxygen atoms in total. The lowest BCUT2D eigenvalue weighted by Gasteiger charge is -2.19. The molecule has 2 heterocycles. The van der Waals surface area contributed by atoms with Gasteiger partial charge in [0.05, 0.1) is 16.5 Å². The number of benzene rings is 2. The number of hydrogen-bond acceptors (Lipinski definition) is 4. The van der Waals surface area contributed by atoms with Crippen LogP contribution in [-0.2, 0) is 29.7 Å². The van der Waals surface area contributed by atoms with Crippen LogP contribution in [0.1, 0.15) is 67.3 Å². The van der Waals surface area contributed by atoms with Crippen LogP contribution in [0.15, 0.2) is 47.3 Å². The molecule has 30 heavy (non-hydrogen) atoms. The van der Waals surface area contributed by atoms with E-state index in [0.29, 0.717) is 16.5 Å². The Kier molecular flexibility index (Phi) is 5.46. The smallest absolute Gasteiger partial charge is 0.338 e. The molecule has 0 saturated carbocycles. The number of carbonyl (C=O) groups excluding carboxylic acids is 1. The van der Waals surface area contributed by atoms with Gasteiger partial charge < -0.3 is 4.74 Å². The van der Waals surface area contributed by atoms with Crippen molar-refractivity contribution in [3.05, 3.63) is 75.3 Å². The van der Waals surface area contributed by atoms with Crippen LogP contribution >= 0.6 is 0 Å². The number of carbonyl (C=O) groups is 1. The normalized spacial score (nSPS) is 14.2. The van der Waals surface area contributed by atoms with E-state index in [1.807, 2.05) is 12.1 Å².